The number of thioether (sulfide) groups is 1. The molecule has 0 saturated carbocycles. The molecule has 1 atom stereocenters. The highest BCUT2D eigenvalue weighted by Crippen LogP contribution is 2.39. The Bertz CT molecular complexity index is 1080. The Labute approximate surface area is 173 Å². The van der Waals surface area contributed by atoms with E-state index in [1.807, 2.05) is 6.92 Å². The van der Waals surface area contributed by atoms with Gasteiger partial charge in [0.2, 0.25) is 11.8 Å². The van der Waals surface area contributed by atoms with Crippen LogP contribution < -0.4 is 9.50 Å². The van der Waals surface area contributed by atoms with E-state index in [1.54, 1.807) is 24.3 Å². The zero-order valence-corrected chi connectivity index (χ0v) is 17.6. The summed E-state index contributed by atoms with van der Waals surface area (Å²) in [6.07, 6.45) is 0. The van der Waals surface area contributed by atoms with Gasteiger partial charge in [0.05, 0.1) is 0 Å². The molecule has 0 spiro atoms. The lowest BCUT2D eigenvalue weighted by molar-refractivity contribution is -0.129. The molecule has 0 unspecified atom stereocenters. The van der Waals surface area contributed by atoms with Gasteiger partial charge in [-0.3, -0.25) is 9.59 Å². The van der Waals surface area contributed by atoms with Crippen LogP contribution in [0.15, 0.2) is 58.5 Å². The molecule has 1 heterocycles. The highest BCUT2D eigenvalue weighted by Gasteiger charge is 2.32. The number of hydrazone groups is 1. The third-order valence-electron chi connectivity index (χ3n) is 3.91. The van der Waals surface area contributed by atoms with Crippen LogP contribution in [0, 0.1) is 6.92 Å². The SMILES string of the molecule is CC(=O)NC1=NN(C(C)=O)[C@H](c2cccc(OS(=O)(=O)c3ccc(C)cc3)c2)S1. The van der Waals surface area contributed by atoms with E-state index in [9.17, 15) is 18.0 Å². The summed E-state index contributed by atoms with van der Waals surface area (Å²) in [6.45, 7) is 4.56. The fourth-order valence-electron chi connectivity index (χ4n) is 2.58. The van der Waals surface area contributed by atoms with E-state index >= 15 is 0 Å². The van der Waals surface area contributed by atoms with Crippen molar-refractivity contribution in [2.45, 2.75) is 31.0 Å². The van der Waals surface area contributed by atoms with Crippen LogP contribution in [0.5, 0.6) is 5.75 Å². The van der Waals surface area contributed by atoms with E-state index in [0.717, 1.165) is 5.56 Å². The number of nitrogens with one attached hydrogen (secondary N) is 1. The van der Waals surface area contributed by atoms with Crippen LogP contribution in [0.4, 0.5) is 0 Å². The maximum absolute atomic E-state index is 12.5. The van der Waals surface area contributed by atoms with Crippen LogP contribution in [0.3, 0.4) is 0 Å². The Morgan fingerprint density at radius 1 is 1.14 bits per heavy atom. The summed E-state index contributed by atoms with van der Waals surface area (Å²) >= 11 is 1.17. The number of rotatable bonds is 4. The first-order valence-corrected chi connectivity index (χ1v) is 10.9. The van der Waals surface area contributed by atoms with Crippen molar-refractivity contribution in [1.29, 1.82) is 0 Å². The number of hydrogen-bond donors (Lipinski definition) is 1. The van der Waals surface area contributed by atoms with Crippen LogP contribution in [0.25, 0.3) is 0 Å². The van der Waals surface area contributed by atoms with Crippen molar-refractivity contribution in [3.8, 4) is 5.75 Å². The minimum Gasteiger partial charge on any atom is -0.379 e. The maximum atomic E-state index is 12.5. The Balaban J connectivity index is 1.85. The lowest BCUT2D eigenvalue weighted by Gasteiger charge is -2.19. The van der Waals surface area contributed by atoms with Gasteiger partial charge in [-0.25, -0.2) is 5.01 Å². The predicted molar refractivity (Wildman–Crippen MR) is 110 cm³/mol. The van der Waals surface area contributed by atoms with Gasteiger partial charge < -0.3 is 9.50 Å². The number of aryl methyl sites for hydroxylation is 1. The molecule has 1 N–H and O–H groups in total. The van der Waals surface area contributed by atoms with Gasteiger partial charge in [-0.05, 0) is 36.8 Å². The van der Waals surface area contributed by atoms with E-state index in [1.165, 1.54) is 54.9 Å². The van der Waals surface area contributed by atoms with Crippen LogP contribution in [0.1, 0.15) is 30.3 Å². The van der Waals surface area contributed by atoms with E-state index in [2.05, 4.69) is 10.4 Å². The predicted octanol–water partition coefficient (Wildman–Crippen LogP) is 2.76. The van der Waals surface area contributed by atoms with Gasteiger partial charge in [0.25, 0.3) is 0 Å². The molecule has 1 aliphatic rings. The largest absolute Gasteiger partial charge is 0.379 e. The molecular weight excluding hydrogens is 414 g/mol. The minimum atomic E-state index is -4.00. The van der Waals surface area contributed by atoms with E-state index in [0.29, 0.717) is 5.56 Å². The summed E-state index contributed by atoms with van der Waals surface area (Å²) in [4.78, 5) is 23.3. The fraction of sp³-hybridized carbons (Fsp3) is 0.211. The summed E-state index contributed by atoms with van der Waals surface area (Å²) in [5, 5.41) is 7.63. The van der Waals surface area contributed by atoms with Crippen molar-refractivity contribution < 1.29 is 22.2 Å². The molecule has 2 amide bonds. The molecule has 152 valence electrons. The van der Waals surface area contributed by atoms with Crippen molar-refractivity contribution in [3.05, 3.63) is 59.7 Å². The van der Waals surface area contributed by atoms with Crippen molar-refractivity contribution in [2.75, 3.05) is 0 Å². The molecule has 0 bridgehead atoms. The zero-order chi connectivity index (χ0) is 21.2. The van der Waals surface area contributed by atoms with Gasteiger partial charge >= 0.3 is 10.1 Å². The summed E-state index contributed by atoms with van der Waals surface area (Å²) in [6, 6.07) is 12.7. The number of carbonyl (C=O) groups is 2. The van der Waals surface area contributed by atoms with E-state index in [4.69, 9.17) is 4.18 Å². The number of amidine groups is 1. The molecule has 0 saturated heterocycles. The molecular formula is C19H19N3O5S2. The fourth-order valence-corrected chi connectivity index (χ4v) is 4.63. The van der Waals surface area contributed by atoms with Gasteiger partial charge in [-0.1, -0.05) is 41.6 Å². The van der Waals surface area contributed by atoms with Crippen molar-refractivity contribution in [2.24, 2.45) is 5.10 Å². The van der Waals surface area contributed by atoms with Crippen molar-refractivity contribution in [1.82, 2.24) is 10.3 Å². The average molecular weight is 434 g/mol. The van der Waals surface area contributed by atoms with Crippen LogP contribution in [-0.2, 0) is 19.7 Å². The Kier molecular flexibility index (Phi) is 5.94. The molecule has 0 aromatic heterocycles. The zero-order valence-electron chi connectivity index (χ0n) is 15.9. The summed E-state index contributed by atoms with van der Waals surface area (Å²) < 4.78 is 30.3. The number of amides is 2. The highest BCUT2D eigenvalue weighted by atomic mass is 32.2. The number of hydrogen-bond acceptors (Lipinski definition) is 7. The second-order valence-electron chi connectivity index (χ2n) is 6.34. The summed E-state index contributed by atoms with van der Waals surface area (Å²) in [7, 11) is -4.00. The monoisotopic (exact) mass is 433 g/mol. The van der Waals surface area contributed by atoms with E-state index < -0.39 is 15.5 Å². The topological polar surface area (TPSA) is 105 Å². The van der Waals surface area contributed by atoms with Gasteiger partial charge in [0.15, 0.2) is 5.17 Å². The van der Waals surface area contributed by atoms with E-state index in [-0.39, 0.29) is 27.6 Å². The Morgan fingerprint density at radius 3 is 2.45 bits per heavy atom. The summed E-state index contributed by atoms with van der Waals surface area (Å²) in [5.41, 5.74) is 1.54. The first-order chi connectivity index (χ1) is 13.7. The molecule has 29 heavy (non-hydrogen) atoms. The molecule has 10 heteroatoms. The van der Waals surface area contributed by atoms with Crippen LogP contribution in [-0.4, -0.2) is 30.4 Å². The van der Waals surface area contributed by atoms with Gasteiger partial charge in [0.1, 0.15) is 16.0 Å². The Hall–Kier alpha value is -2.85. The van der Waals surface area contributed by atoms with Gasteiger partial charge in [0, 0.05) is 13.8 Å². The first-order valence-electron chi connectivity index (χ1n) is 8.59. The van der Waals surface area contributed by atoms with Gasteiger partial charge in [-0.2, -0.15) is 8.42 Å². The second kappa shape index (κ2) is 8.26. The van der Waals surface area contributed by atoms with Crippen LogP contribution >= 0.6 is 11.8 Å². The Morgan fingerprint density at radius 2 is 1.83 bits per heavy atom. The molecule has 0 aliphatic carbocycles. The molecule has 3 rings (SSSR count). The van der Waals surface area contributed by atoms with Gasteiger partial charge in [-0.15, -0.1) is 5.10 Å². The molecule has 2 aromatic carbocycles. The molecule has 8 nitrogen and oxygen atoms in total. The molecule has 0 fully saturated rings. The minimum absolute atomic E-state index is 0.0467. The number of carbonyl (C=O) groups excluding carboxylic acids is 2. The molecule has 2 aromatic rings. The molecule has 1 aliphatic heterocycles. The average Bonchev–Trinajstić information content (AvgIpc) is 3.05. The smallest absolute Gasteiger partial charge is 0.339 e. The lowest BCUT2D eigenvalue weighted by atomic mass is 10.2. The lowest BCUT2D eigenvalue weighted by Crippen LogP contribution is -2.25. The standard InChI is InChI=1S/C19H19N3O5S2/c1-12-7-9-17(10-8-12)29(25,26)27-16-6-4-5-15(11-16)18-22(14(3)24)21-19(28-18)20-13(2)23/h4-11,18H,1-3H3,(H,20,21,23)/t18-/m0/s1. The number of nitrogens with zero attached hydrogens (tertiary/aromatic N) is 2. The van der Waals surface area contributed by atoms with Crippen molar-refractivity contribution in [3.63, 3.8) is 0 Å². The van der Waals surface area contributed by atoms with Crippen LogP contribution in [0.2, 0.25) is 0 Å². The maximum Gasteiger partial charge on any atom is 0.339 e. The molecule has 0 radical (unpaired) electrons. The summed E-state index contributed by atoms with van der Waals surface area (Å²) in [5.74, 6) is -0.511. The number of benzene rings is 2. The third kappa shape index (κ3) is 4.96. The third-order valence-corrected chi connectivity index (χ3v) is 6.27. The van der Waals surface area contributed by atoms with Crippen molar-refractivity contribution >= 4 is 38.9 Å². The second-order valence-corrected chi connectivity index (χ2v) is 8.96. The quantitative estimate of drug-likeness (QED) is 0.744. The highest BCUT2D eigenvalue weighted by molar-refractivity contribution is 8.14. The normalized spacial score (nSPS) is 16.3. The first kappa shape index (κ1) is 20.9.